The maximum atomic E-state index is 11.4. The van der Waals surface area contributed by atoms with Gasteiger partial charge >= 0.3 is 0 Å². The summed E-state index contributed by atoms with van der Waals surface area (Å²) >= 11 is 0. The van der Waals surface area contributed by atoms with Gasteiger partial charge < -0.3 is 5.48 Å². The van der Waals surface area contributed by atoms with Crippen LogP contribution in [0.15, 0.2) is 12.3 Å². The lowest BCUT2D eigenvalue weighted by molar-refractivity contribution is 0.0986. The summed E-state index contributed by atoms with van der Waals surface area (Å²) in [6.07, 6.45) is 2.28. The van der Waals surface area contributed by atoms with Crippen LogP contribution in [0.5, 0.6) is 0 Å². The standard InChI is InChI=1S/C10H13NO.H2O/c1-4-9(12)10-7(2)5-6-11-8(10)3;/h5-6H,4H2,1-3H3;1H2. The molecule has 1 aromatic rings. The molecule has 0 aliphatic rings. The minimum absolute atomic E-state index is 0. The summed E-state index contributed by atoms with van der Waals surface area (Å²) < 4.78 is 0. The van der Waals surface area contributed by atoms with Crippen molar-refractivity contribution in [2.24, 2.45) is 0 Å². The molecule has 1 rings (SSSR count). The molecule has 0 amide bonds. The van der Waals surface area contributed by atoms with E-state index in [0.29, 0.717) is 6.42 Å². The van der Waals surface area contributed by atoms with Gasteiger partial charge in [-0.2, -0.15) is 0 Å². The summed E-state index contributed by atoms with van der Waals surface area (Å²) in [5.74, 6) is 0.179. The average Bonchev–Trinajstić information content (AvgIpc) is 2.03. The summed E-state index contributed by atoms with van der Waals surface area (Å²) in [7, 11) is 0. The first-order valence-corrected chi connectivity index (χ1v) is 4.12. The predicted octanol–water partition coefficient (Wildman–Crippen LogP) is 1.47. The molecule has 0 unspecified atom stereocenters. The van der Waals surface area contributed by atoms with Crippen molar-refractivity contribution in [3.05, 3.63) is 29.1 Å². The van der Waals surface area contributed by atoms with E-state index in [4.69, 9.17) is 0 Å². The van der Waals surface area contributed by atoms with Crippen molar-refractivity contribution in [1.29, 1.82) is 0 Å². The van der Waals surface area contributed by atoms with E-state index in [1.54, 1.807) is 6.20 Å². The molecule has 2 N–H and O–H groups in total. The number of rotatable bonds is 2. The zero-order chi connectivity index (χ0) is 9.14. The van der Waals surface area contributed by atoms with Crippen molar-refractivity contribution in [3.63, 3.8) is 0 Å². The SMILES string of the molecule is CCC(=O)c1c(C)ccnc1C.O. The fraction of sp³-hybridized carbons (Fsp3) is 0.400. The molecule has 0 aliphatic heterocycles. The van der Waals surface area contributed by atoms with Gasteiger partial charge in [0.2, 0.25) is 0 Å². The lowest BCUT2D eigenvalue weighted by Crippen LogP contribution is -2.04. The van der Waals surface area contributed by atoms with Crippen molar-refractivity contribution >= 4 is 5.78 Å². The van der Waals surface area contributed by atoms with Crippen molar-refractivity contribution in [2.45, 2.75) is 27.2 Å². The molecule has 0 bridgehead atoms. The van der Waals surface area contributed by atoms with Gasteiger partial charge in [0, 0.05) is 23.9 Å². The minimum Gasteiger partial charge on any atom is -0.412 e. The normalized spacial score (nSPS) is 9.15. The van der Waals surface area contributed by atoms with E-state index in [1.807, 2.05) is 26.8 Å². The Balaban J connectivity index is 0.00000144. The Morgan fingerprint density at radius 1 is 1.46 bits per heavy atom. The molecule has 3 heteroatoms. The first-order valence-electron chi connectivity index (χ1n) is 4.12. The van der Waals surface area contributed by atoms with Gasteiger partial charge in [-0.15, -0.1) is 0 Å². The minimum atomic E-state index is 0. The van der Waals surface area contributed by atoms with Crippen LogP contribution < -0.4 is 0 Å². The number of hydrogen-bond donors (Lipinski definition) is 0. The van der Waals surface area contributed by atoms with E-state index >= 15 is 0 Å². The van der Waals surface area contributed by atoms with E-state index in [0.717, 1.165) is 16.8 Å². The zero-order valence-corrected chi connectivity index (χ0v) is 8.22. The van der Waals surface area contributed by atoms with Crippen molar-refractivity contribution in [3.8, 4) is 0 Å². The van der Waals surface area contributed by atoms with E-state index in [1.165, 1.54) is 0 Å². The number of carbonyl (C=O) groups is 1. The summed E-state index contributed by atoms with van der Waals surface area (Å²) in [6, 6.07) is 1.87. The Morgan fingerprint density at radius 2 is 2.08 bits per heavy atom. The van der Waals surface area contributed by atoms with Crippen LogP contribution in [0.1, 0.15) is 35.0 Å². The molecular formula is C10H15NO2. The van der Waals surface area contributed by atoms with Gasteiger partial charge in [-0.05, 0) is 25.5 Å². The number of nitrogens with zero attached hydrogens (tertiary/aromatic N) is 1. The number of aromatic nitrogens is 1. The van der Waals surface area contributed by atoms with E-state index in [-0.39, 0.29) is 11.3 Å². The fourth-order valence-corrected chi connectivity index (χ4v) is 1.29. The van der Waals surface area contributed by atoms with E-state index < -0.39 is 0 Å². The molecular weight excluding hydrogens is 166 g/mol. The summed E-state index contributed by atoms with van der Waals surface area (Å²) in [5, 5.41) is 0. The van der Waals surface area contributed by atoms with E-state index in [9.17, 15) is 4.79 Å². The van der Waals surface area contributed by atoms with Gasteiger partial charge in [0.1, 0.15) is 0 Å². The smallest absolute Gasteiger partial charge is 0.164 e. The monoisotopic (exact) mass is 181 g/mol. The third-order valence-corrected chi connectivity index (χ3v) is 1.95. The van der Waals surface area contributed by atoms with Gasteiger partial charge in [-0.25, -0.2) is 0 Å². The number of Topliss-reactive ketones (excluding diaryl/α,β-unsaturated/α-hetero) is 1. The van der Waals surface area contributed by atoms with Crippen LogP contribution in [0, 0.1) is 13.8 Å². The summed E-state index contributed by atoms with van der Waals surface area (Å²) in [4.78, 5) is 15.5. The highest BCUT2D eigenvalue weighted by molar-refractivity contribution is 5.98. The highest BCUT2D eigenvalue weighted by Crippen LogP contribution is 2.12. The molecule has 1 heterocycles. The first kappa shape index (κ1) is 11.8. The van der Waals surface area contributed by atoms with Crippen LogP contribution in [0.4, 0.5) is 0 Å². The molecule has 0 radical (unpaired) electrons. The van der Waals surface area contributed by atoms with Crippen molar-refractivity contribution < 1.29 is 10.3 Å². The van der Waals surface area contributed by atoms with Gasteiger partial charge in [-0.3, -0.25) is 9.78 Å². The average molecular weight is 181 g/mol. The van der Waals surface area contributed by atoms with Crippen LogP contribution in [-0.2, 0) is 0 Å². The number of carbonyl (C=O) groups excluding carboxylic acids is 1. The second kappa shape index (κ2) is 4.72. The molecule has 72 valence electrons. The van der Waals surface area contributed by atoms with Gasteiger partial charge in [-0.1, -0.05) is 6.92 Å². The molecule has 13 heavy (non-hydrogen) atoms. The number of ketones is 1. The topological polar surface area (TPSA) is 61.5 Å². The Labute approximate surface area is 78.1 Å². The Bertz CT molecular complexity index is 288. The number of pyridine rings is 1. The molecule has 0 spiro atoms. The number of aryl methyl sites for hydroxylation is 2. The van der Waals surface area contributed by atoms with Crippen LogP contribution in [0.2, 0.25) is 0 Å². The maximum absolute atomic E-state index is 11.4. The Hall–Kier alpha value is -1.22. The predicted molar refractivity (Wildman–Crippen MR) is 51.9 cm³/mol. The molecule has 1 aromatic heterocycles. The Kier molecular flexibility index (Phi) is 4.28. The number of hydrogen-bond acceptors (Lipinski definition) is 2. The summed E-state index contributed by atoms with van der Waals surface area (Å²) in [5.41, 5.74) is 2.65. The highest BCUT2D eigenvalue weighted by atomic mass is 16.1. The molecule has 0 fully saturated rings. The van der Waals surface area contributed by atoms with Gasteiger partial charge in [0.05, 0.1) is 0 Å². The highest BCUT2D eigenvalue weighted by Gasteiger charge is 2.09. The van der Waals surface area contributed by atoms with Gasteiger partial charge in [0.25, 0.3) is 0 Å². The Morgan fingerprint density at radius 3 is 2.54 bits per heavy atom. The quantitative estimate of drug-likeness (QED) is 0.648. The largest absolute Gasteiger partial charge is 0.412 e. The second-order valence-electron chi connectivity index (χ2n) is 2.86. The molecule has 0 saturated heterocycles. The van der Waals surface area contributed by atoms with Gasteiger partial charge in [0.15, 0.2) is 5.78 Å². The van der Waals surface area contributed by atoms with Crippen molar-refractivity contribution in [2.75, 3.05) is 0 Å². The maximum Gasteiger partial charge on any atom is 0.164 e. The zero-order valence-electron chi connectivity index (χ0n) is 8.22. The molecule has 0 aliphatic carbocycles. The van der Waals surface area contributed by atoms with Crippen LogP contribution >= 0.6 is 0 Å². The lowest BCUT2D eigenvalue weighted by atomic mass is 10.0. The molecule has 0 aromatic carbocycles. The molecule has 0 atom stereocenters. The van der Waals surface area contributed by atoms with Crippen LogP contribution in [-0.4, -0.2) is 16.2 Å². The fourth-order valence-electron chi connectivity index (χ4n) is 1.29. The second-order valence-corrected chi connectivity index (χ2v) is 2.86. The molecule has 3 nitrogen and oxygen atoms in total. The summed E-state index contributed by atoms with van der Waals surface area (Å²) in [6.45, 7) is 5.68. The third kappa shape index (κ3) is 2.36. The lowest BCUT2D eigenvalue weighted by Gasteiger charge is -2.04. The van der Waals surface area contributed by atoms with Crippen LogP contribution in [0.25, 0.3) is 0 Å². The van der Waals surface area contributed by atoms with Crippen LogP contribution in [0.3, 0.4) is 0 Å². The first-order chi connectivity index (χ1) is 5.66. The van der Waals surface area contributed by atoms with E-state index in [2.05, 4.69) is 4.98 Å². The van der Waals surface area contributed by atoms with Crippen molar-refractivity contribution in [1.82, 2.24) is 4.98 Å². The third-order valence-electron chi connectivity index (χ3n) is 1.95. The molecule has 0 saturated carbocycles.